The summed E-state index contributed by atoms with van der Waals surface area (Å²) in [7, 11) is 1.29. The lowest BCUT2D eigenvalue weighted by Crippen LogP contribution is -2.26. The number of nitrogens with one attached hydrogen (secondary N) is 2. The lowest BCUT2D eigenvalue weighted by Gasteiger charge is -2.00. The third-order valence-electron chi connectivity index (χ3n) is 1.49. The summed E-state index contributed by atoms with van der Waals surface area (Å²) in [6.07, 6.45) is 1.44. The monoisotopic (exact) mass is 198 g/mol. The Morgan fingerprint density at radius 3 is 3.00 bits per heavy atom. The first-order chi connectivity index (χ1) is 6.74. The van der Waals surface area contributed by atoms with Crippen LogP contribution in [0.5, 0.6) is 0 Å². The van der Waals surface area contributed by atoms with Crippen LogP contribution in [0.4, 0.5) is 0 Å². The number of H-pyrrole nitrogens is 1. The van der Waals surface area contributed by atoms with Crippen LogP contribution >= 0.6 is 0 Å². The number of hydrogen-bond donors (Lipinski definition) is 2. The van der Waals surface area contributed by atoms with E-state index >= 15 is 0 Å². The number of methoxy groups -OCH3 is 1. The van der Waals surface area contributed by atoms with E-state index in [2.05, 4.69) is 25.5 Å². The van der Waals surface area contributed by atoms with Gasteiger partial charge in [0, 0.05) is 6.54 Å². The molecule has 0 radical (unpaired) electrons. The van der Waals surface area contributed by atoms with Gasteiger partial charge in [-0.25, -0.2) is 0 Å². The number of aromatic amines is 1. The highest BCUT2D eigenvalue weighted by molar-refractivity contribution is 5.91. The van der Waals surface area contributed by atoms with E-state index in [-0.39, 0.29) is 30.5 Å². The van der Waals surface area contributed by atoms with Gasteiger partial charge in [0.25, 0.3) is 5.91 Å². The van der Waals surface area contributed by atoms with E-state index in [1.54, 1.807) is 0 Å². The van der Waals surface area contributed by atoms with Crippen molar-refractivity contribution in [3.05, 3.63) is 11.9 Å². The summed E-state index contributed by atoms with van der Waals surface area (Å²) in [5.41, 5.74) is 0.190. The Hall–Kier alpha value is -1.92. The maximum atomic E-state index is 11.2. The van der Waals surface area contributed by atoms with Gasteiger partial charge in [-0.2, -0.15) is 15.4 Å². The third-order valence-corrected chi connectivity index (χ3v) is 1.49. The van der Waals surface area contributed by atoms with Crippen molar-refractivity contribution in [2.75, 3.05) is 13.7 Å². The average molecular weight is 198 g/mol. The number of hydrogen-bond acceptors (Lipinski definition) is 5. The Balaban J connectivity index is 2.26. The number of aromatic nitrogens is 3. The molecule has 0 aromatic carbocycles. The van der Waals surface area contributed by atoms with Gasteiger partial charge in [-0.3, -0.25) is 9.59 Å². The maximum absolute atomic E-state index is 11.2. The van der Waals surface area contributed by atoms with Gasteiger partial charge in [0.15, 0.2) is 5.69 Å². The first-order valence-electron chi connectivity index (χ1n) is 3.95. The molecule has 1 amide bonds. The van der Waals surface area contributed by atoms with E-state index in [4.69, 9.17) is 0 Å². The highest BCUT2D eigenvalue weighted by atomic mass is 16.5. The second kappa shape index (κ2) is 4.95. The molecule has 76 valence electrons. The number of ether oxygens (including phenoxy) is 1. The molecule has 0 bridgehead atoms. The predicted molar refractivity (Wildman–Crippen MR) is 45.3 cm³/mol. The van der Waals surface area contributed by atoms with Gasteiger partial charge < -0.3 is 10.1 Å². The molecule has 7 nitrogen and oxygen atoms in total. The number of carbonyl (C=O) groups excluding carboxylic acids is 2. The number of nitrogens with zero attached hydrogens (tertiary/aromatic N) is 2. The van der Waals surface area contributed by atoms with Crippen LogP contribution in [-0.4, -0.2) is 40.9 Å². The SMILES string of the molecule is COC(=O)CCNC(=O)c1cn[nH]n1. The first kappa shape index (κ1) is 10.2. The minimum Gasteiger partial charge on any atom is -0.469 e. The largest absolute Gasteiger partial charge is 0.469 e. The van der Waals surface area contributed by atoms with Crippen molar-refractivity contribution < 1.29 is 14.3 Å². The van der Waals surface area contributed by atoms with E-state index in [1.807, 2.05) is 0 Å². The zero-order valence-corrected chi connectivity index (χ0v) is 7.61. The van der Waals surface area contributed by atoms with E-state index in [9.17, 15) is 9.59 Å². The quantitative estimate of drug-likeness (QED) is 0.611. The lowest BCUT2D eigenvalue weighted by molar-refractivity contribution is -0.140. The smallest absolute Gasteiger partial charge is 0.307 e. The van der Waals surface area contributed by atoms with E-state index < -0.39 is 0 Å². The van der Waals surface area contributed by atoms with Crippen molar-refractivity contribution >= 4 is 11.9 Å². The van der Waals surface area contributed by atoms with Crippen LogP contribution in [0.2, 0.25) is 0 Å². The molecule has 0 aliphatic carbocycles. The molecule has 0 saturated heterocycles. The standard InChI is InChI=1S/C7H10N4O3/c1-14-6(12)2-3-8-7(13)5-4-9-11-10-5/h4H,2-3H2,1H3,(H,8,13)(H,9,10,11). The lowest BCUT2D eigenvalue weighted by atomic mass is 10.4. The summed E-state index contributed by atoms with van der Waals surface area (Å²) in [5.74, 6) is -0.742. The summed E-state index contributed by atoms with van der Waals surface area (Å²) in [4.78, 5) is 21.9. The molecule has 1 rings (SSSR count). The topological polar surface area (TPSA) is 97.0 Å². The Kier molecular flexibility index (Phi) is 3.59. The molecule has 0 unspecified atom stereocenters. The number of carbonyl (C=O) groups is 2. The number of esters is 1. The van der Waals surface area contributed by atoms with E-state index in [0.717, 1.165) is 0 Å². The molecule has 0 aliphatic heterocycles. The van der Waals surface area contributed by atoms with Gasteiger partial charge in [0.1, 0.15) is 0 Å². The maximum Gasteiger partial charge on any atom is 0.307 e. The van der Waals surface area contributed by atoms with Crippen LogP contribution in [0, 0.1) is 0 Å². The molecule has 0 fully saturated rings. The molecule has 0 atom stereocenters. The zero-order valence-electron chi connectivity index (χ0n) is 7.61. The van der Waals surface area contributed by atoms with Crippen LogP contribution in [0.25, 0.3) is 0 Å². The molecular weight excluding hydrogens is 188 g/mol. The molecule has 0 spiro atoms. The molecule has 0 aliphatic rings. The minimum absolute atomic E-state index is 0.139. The normalized spacial score (nSPS) is 9.50. The number of amides is 1. The molecular formula is C7H10N4O3. The van der Waals surface area contributed by atoms with Crippen molar-refractivity contribution in [3.8, 4) is 0 Å². The van der Waals surface area contributed by atoms with Crippen LogP contribution in [0.15, 0.2) is 6.20 Å². The minimum atomic E-state index is -0.373. The highest BCUT2D eigenvalue weighted by Gasteiger charge is 2.08. The molecule has 2 N–H and O–H groups in total. The summed E-state index contributed by atoms with van der Waals surface area (Å²) < 4.78 is 4.40. The molecule has 1 heterocycles. The highest BCUT2D eigenvalue weighted by Crippen LogP contribution is 1.88. The van der Waals surface area contributed by atoms with Crippen molar-refractivity contribution in [3.63, 3.8) is 0 Å². The molecule has 7 heteroatoms. The van der Waals surface area contributed by atoms with Gasteiger partial charge in [-0.05, 0) is 0 Å². The van der Waals surface area contributed by atoms with E-state index in [0.29, 0.717) is 0 Å². The Morgan fingerprint density at radius 2 is 2.43 bits per heavy atom. The Bertz CT molecular complexity index is 309. The summed E-state index contributed by atoms with van der Waals surface area (Å²) >= 11 is 0. The molecule has 14 heavy (non-hydrogen) atoms. The molecule has 1 aromatic rings. The average Bonchev–Trinajstić information content (AvgIpc) is 2.70. The van der Waals surface area contributed by atoms with Gasteiger partial charge >= 0.3 is 5.97 Å². The third kappa shape index (κ3) is 2.85. The van der Waals surface area contributed by atoms with Crippen molar-refractivity contribution in [2.45, 2.75) is 6.42 Å². The first-order valence-corrected chi connectivity index (χ1v) is 3.95. The van der Waals surface area contributed by atoms with Crippen LogP contribution < -0.4 is 5.32 Å². The fraction of sp³-hybridized carbons (Fsp3) is 0.429. The van der Waals surface area contributed by atoms with Crippen molar-refractivity contribution in [1.29, 1.82) is 0 Å². The fourth-order valence-corrected chi connectivity index (χ4v) is 0.782. The van der Waals surface area contributed by atoms with Crippen LogP contribution in [0.1, 0.15) is 16.9 Å². The second-order valence-electron chi connectivity index (χ2n) is 2.44. The second-order valence-corrected chi connectivity index (χ2v) is 2.44. The number of rotatable bonds is 4. The molecule has 1 aromatic heterocycles. The Morgan fingerprint density at radius 1 is 1.64 bits per heavy atom. The van der Waals surface area contributed by atoms with Gasteiger partial charge in [0.05, 0.1) is 19.7 Å². The van der Waals surface area contributed by atoms with Gasteiger partial charge in [-0.15, -0.1) is 0 Å². The van der Waals surface area contributed by atoms with Crippen LogP contribution in [-0.2, 0) is 9.53 Å². The van der Waals surface area contributed by atoms with Crippen molar-refractivity contribution in [1.82, 2.24) is 20.7 Å². The summed E-state index contributed by atoms with van der Waals surface area (Å²) in [5, 5.41) is 11.8. The summed E-state index contributed by atoms with van der Waals surface area (Å²) in [6.45, 7) is 0.221. The van der Waals surface area contributed by atoms with Crippen LogP contribution in [0.3, 0.4) is 0 Å². The Labute approximate surface area is 79.8 Å². The van der Waals surface area contributed by atoms with E-state index in [1.165, 1.54) is 13.3 Å². The van der Waals surface area contributed by atoms with Crippen molar-refractivity contribution in [2.24, 2.45) is 0 Å². The summed E-state index contributed by atoms with van der Waals surface area (Å²) in [6, 6.07) is 0. The predicted octanol–water partition coefficient (Wildman–Crippen LogP) is -0.902. The molecule has 0 saturated carbocycles. The van der Waals surface area contributed by atoms with Gasteiger partial charge in [0.2, 0.25) is 0 Å². The zero-order chi connectivity index (χ0) is 10.4. The van der Waals surface area contributed by atoms with Gasteiger partial charge in [-0.1, -0.05) is 0 Å². The fourth-order valence-electron chi connectivity index (χ4n) is 0.782.